The van der Waals surface area contributed by atoms with Crippen LogP contribution in [0.15, 0.2) is 12.1 Å². The Morgan fingerprint density at radius 3 is 2.79 bits per heavy atom. The highest BCUT2D eigenvalue weighted by atomic mass is 35.5. The Morgan fingerprint density at radius 1 is 1.57 bits per heavy atom. The highest BCUT2D eigenvalue weighted by Gasteiger charge is 2.17. The van der Waals surface area contributed by atoms with E-state index in [9.17, 15) is 0 Å². The summed E-state index contributed by atoms with van der Waals surface area (Å²) in [5.41, 5.74) is 5.73. The molecule has 0 aliphatic carbocycles. The Kier molecular flexibility index (Phi) is 3.18. The quantitative estimate of drug-likeness (QED) is 0.669. The minimum Gasteiger partial charge on any atom is -0.396 e. The Labute approximate surface area is 88.1 Å². The third-order valence-electron chi connectivity index (χ3n) is 1.74. The number of nitrogens with one attached hydrogen (secondary N) is 1. The van der Waals surface area contributed by atoms with E-state index >= 15 is 0 Å². The molecule has 4 nitrogen and oxygen atoms in total. The molecule has 4 N–H and O–H groups in total. The summed E-state index contributed by atoms with van der Waals surface area (Å²) in [6.07, 6.45) is 0. The zero-order valence-electron chi connectivity index (χ0n) is 8.21. The number of rotatable bonds is 3. The van der Waals surface area contributed by atoms with Gasteiger partial charge in [0.25, 0.3) is 0 Å². The van der Waals surface area contributed by atoms with Gasteiger partial charge in [0, 0.05) is 0 Å². The third kappa shape index (κ3) is 2.75. The van der Waals surface area contributed by atoms with E-state index in [4.69, 9.17) is 22.4 Å². The van der Waals surface area contributed by atoms with Crippen molar-refractivity contribution in [3.63, 3.8) is 0 Å². The summed E-state index contributed by atoms with van der Waals surface area (Å²) in [5, 5.41) is 12.4. The van der Waals surface area contributed by atoms with Crippen molar-refractivity contribution in [3.05, 3.63) is 17.3 Å². The second-order valence-corrected chi connectivity index (χ2v) is 4.13. The smallest absolute Gasteiger partial charge is 0.151 e. The van der Waals surface area contributed by atoms with Gasteiger partial charge in [-0.2, -0.15) is 0 Å². The van der Waals surface area contributed by atoms with Gasteiger partial charge in [-0.3, -0.25) is 0 Å². The molecular weight excluding hydrogens is 202 g/mol. The summed E-state index contributed by atoms with van der Waals surface area (Å²) in [4.78, 5) is 4.02. The van der Waals surface area contributed by atoms with Crippen LogP contribution in [0, 0.1) is 0 Å². The van der Waals surface area contributed by atoms with Crippen LogP contribution in [0.1, 0.15) is 13.8 Å². The number of hydrogen-bond acceptors (Lipinski definition) is 4. The molecule has 1 heterocycles. The predicted molar refractivity (Wildman–Crippen MR) is 58.4 cm³/mol. The maximum atomic E-state index is 9.05. The van der Waals surface area contributed by atoms with Crippen LogP contribution >= 0.6 is 11.6 Å². The molecule has 0 fully saturated rings. The number of nitrogens with two attached hydrogens (primary N) is 1. The number of nitrogen functional groups attached to an aromatic ring is 1. The summed E-state index contributed by atoms with van der Waals surface area (Å²) in [7, 11) is 0. The number of halogens is 1. The second kappa shape index (κ2) is 4.02. The lowest BCUT2D eigenvalue weighted by atomic mass is 10.1. The van der Waals surface area contributed by atoms with Gasteiger partial charge in [-0.15, -0.1) is 0 Å². The Morgan fingerprint density at radius 2 is 2.21 bits per heavy atom. The Hall–Kier alpha value is -1.00. The van der Waals surface area contributed by atoms with Gasteiger partial charge in [0.15, 0.2) is 5.82 Å². The Bertz CT molecular complexity index is 328. The maximum Gasteiger partial charge on any atom is 0.151 e. The number of nitrogens with zero attached hydrogens (tertiary/aromatic N) is 1. The van der Waals surface area contributed by atoms with E-state index in [1.807, 2.05) is 13.8 Å². The van der Waals surface area contributed by atoms with Gasteiger partial charge in [-0.25, -0.2) is 4.98 Å². The molecule has 0 saturated heterocycles. The zero-order valence-corrected chi connectivity index (χ0v) is 8.97. The molecule has 0 aromatic carbocycles. The standard InChI is InChI=1S/C9H14ClN3O/c1-9(2,5-14)13-8-6(11)3-4-7(10)12-8/h3-4,14H,5,11H2,1-2H3,(H,12,13). The second-order valence-electron chi connectivity index (χ2n) is 3.74. The lowest BCUT2D eigenvalue weighted by Gasteiger charge is -2.24. The molecule has 0 amide bonds. The third-order valence-corrected chi connectivity index (χ3v) is 1.96. The summed E-state index contributed by atoms with van der Waals surface area (Å²) < 4.78 is 0. The first kappa shape index (κ1) is 11.1. The van der Waals surface area contributed by atoms with E-state index in [0.717, 1.165) is 0 Å². The molecule has 0 radical (unpaired) electrons. The van der Waals surface area contributed by atoms with E-state index in [1.165, 1.54) is 0 Å². The van der Waals surface area contributed by atoms with Crippen LogP contribution in [-0.2, 0) is 0 Å². The molecule has 0 unspecified atom stereocenters. The van der Waals surface area contributed by atoms with Crippen molar-refractivity contribution in [2.75, 3.05) is 17.7 Å². The van der Waals surface area contributed by atoms with Gasteiger partial charge >= 0.3 is 0 Å². The monoisotopic (exact) mass is 215 g/mol. The first-order chi connectivity index (χ1) is 6.44. The Balaban J connectivity index is 2.91. The molecule has 0 saturated carbocycles. The minimum atomic E-state index is -0.466. The molecule has 1 rings (SSSR count). The zero-order chi connectivity index (χ0) is 10.8. The molecule has 0 aliphatic heterocycles. The molecule has 1 aromatic rings. The van der Waals surface area contributed by atoms with Crippen LogP contribution in [0.5, 0.6) is 0 Å². The van der Waals surface area contributed by atoms with Crippen LogP contribution in [0.25, 0.3) is 0 Å². The van der Waals surface area contributed by atoms with Gasteiger partial charge in [-0.1, -0.05) is 11.6 Å². The van der Waals surface area contributed by atoms with E-state index in [0.29, 0.717) is 16.7 Å². The van der Waals surface area contributed by atoms with Crippen molar-refractivity contribution in [3.8, 4) is 0 Å². The van der Waals surface area contributed by atoms with Crippen molar-refractivity contribution < 1.29 is 5.11 Å². The molecule has 1 aromatic heterocycles. The van der Waals surface area contributed by atoms with Crippen LogP contribution in [0.4, 0.5) is 11.5 Å². The van der Waals surface area contributed by atoms with E-state index < -0.39 is 5.54 Å². The molecule has 5 heteroatoms. The fraction of sp³-hybridized carbons (Fsp3) is 0.444. The maximum absolute atomic E-state index is 9.05. The topological polar surface area (TPSA) is 71.2 Å². The first-order valence-corrected chi connectivity index (χ1v) is 4.63. The summed E-state index contributed by atoms with van der Waals surface area (Å²) in [5.74, 6) is 0.497. The van der Waals surface area contributed by atoms with Crippen LogP contribution < -0.4 is 11.1 Å². The number of hydrogen-bond donors (Lipinski definition) is 3. The average Bonchev–Trinajstić information content (AvgIpc) is 2.11. The molecule has 0 aliphatic rings. The van der Waals surface area contributed by atoms with Crippen molar-refractivity contribution in [1.82, 2.24) is 4.98 Å². The van der Waals surface area contributed by atoms with Gasteiger partial charge in [0.1, 0.15) is 5.15 Å². The highest BCUT2D eigenvalue weighted by molar-refractivity contribution is 6.29. The molecule has 78 valence electrons. The van der Waals surface area contributed by atoms with Crippen LogP contribution in [0.3, 0.4) is 0 Å². The average molecular weight is 216 g/mol. The molecular formula is C9H14ClN3O. The molecule has 0 spiro atoms. The number of aromatic nitrogens is 1. The molecule has 0 atom stereocenters. The first-order valence-electron chi connectivity index (χ1n) is 4.26. The highest BCUT2D eigenvalue weighted by Crippen LogP contribution is 2.21. The number of aliphatic hydroxyl groups excluding tert-OH is 1. The van der Waals surface area contributed by atoms with Gasteiger partial charge in [-0.05, 0) is 26.0 Å². The summed E-state index contributed by atoms with van der Waals surface area (Å²) in [6.45, 7) is 3.67. The SMILES string of the molecule is CC(C)(CO)Nc1nc(Cl)ccc1N. The van der Waals surface area contributed by atoms with Gasteiger partial charge in [0.2, 0.25) is 0 Å². The normalized spacial score (nSPS) is 11.4. The van der Waals surface area contributed by atoms with Crippen LogP contribution in [-0.4, -0.2) is 22.2 Å². The predicted octanol–water partition coefficient (Wildman–Crippen LogP) is 1.50. The van der Waals surface area contributed by atoms with Crippen molar-refractivity contribution in [2.24, 2.45) is 0 Å². The fourth-order valence-electron chi connectivity index (χ4n) is 0.906. The largest absolute Gasteiger partial charge is 0.396 e. The van der Waals surface area contributed by atoms with Crippen LogP contribution in [0.2, 0.25) is 5.15 Å². The fourth-order valence-corrected chi connectivity index (χ4v) is 1.05. The van der Waals surface area contributed by atoms with E-state index in [1.54, 1.807) is 12.1 Å². The van der Waals surface area contributed by atoms with Gasteiger partial charge < -0.3 is 16.2 Å². The van der Waals surface area contributed by atoms with Crippen molar-refractivity contribution >= 4 is 23.1 Å². The van der Waals surface area contributed by atoms with Crippen molar-refractivity contribution in [1.29, 1.82) is 0 Å². The summed E-state index contributed by atoms with van der Waals surface area (Å²) in [6, 6.07) is 3.29. The molecule has 0 bridgehead atoms. The van der Waals surface area contributed by atoms with Crippen molar-refractivity contribution in [2.45, 2.75) is 19.4 Å². The summed E-state index contributed by atoms with van der Waals surface area (Å²) >= 11 is 5.72. The lowest BCUT2D eigenvalue weighted by Crippen LogP contribution is -2.35. The minimum absolute atomic E-state index is 0.0133. The van der Waals surface area contributed by atoms with E-state index in [-0.39, 0.29) is 6.61 Å². The number of anilines is 2. The number of aliphatic hydroxyl groups is 1. The molecule has 14 heavy (non-hydrogen) atoms. The van der Waals surface area contributed by atoms with Gasteiger partial charge in [0.05, 0.1) is 17.8 Å². The lowest BCUT2D eigenvalue weighted by molar-refractivity contribution is 0.234. The number of pyridine rings is 1. The van der Waals surface area contributed by atoms with E-state index in [2.05, 4.69) is 10.3 Å².